The number of pyridine rings is 1. The Balaban J connectivity index is 2.32. The summed E-state index contributed by atoms with van der Waals surface area (Å²) in [6, 6.07) is 5.91. The molecular formula is C17H14FN3O4. The molecule has 1 aromatic carbocycles. The van der Waals surface area contributed by atoms with Gasteiger partial charge in [-0.05, 0) is 31.2 Å². The lowest BCUT2D eigenvalue weighted by Gasteiger charge is -2.14. The van der Waals surface area contributed by atoms with Crippen molar-refractivity contribution in [2.24, 2.45) is 0 Å². The molecule has 3 aromatic rings. The van der Waals surface area contributed by atoms with Crippen LogP contribution in [0, 0.1) is 5.82 Å². The Morgan fingerprint density at radius 2 is 2.04 bits per heavy atom. The lowest BCUT2D eigenvalue weighted by Crippen LogP contribution is -2.24. The minimum Gasteiger partial charge on any atom is -0.462 e. The molecule has 8 heteroatoms. The van der Waals surface area contributed by atoms with E-state index < -0.39 is 17.2 Å². The number of rotatable bonds is 5. The number of hydrogen-bond acceptors (Lipinski definition) is 4. The lowest BCUT2D eigenvalue weighted by molar-refractivity contribution is -0.106. The molecule has 25 heavy (non-hydrogen) atoms. The van der Waals surface area contributed by atoms with Crippen molar-refractivity contribution in [3.8, 4) is 5.69 Å². The van der Waals surface area contributed by atoms with Crippen LogP contribution in [-0.4, -0.2) is 28.2 Å². The average Bonchev–Trinajstić information content (AvgIpc) is 3.11. The van der Waals surface area contributed by atoms with Crippen molar-refractivity contribution in [2.75, 3.05) is 12.0 Å². The second-order valence-electron chi connectivity index (χ2n) is 5.12. The van der Waals surface area contributed by atoms with Gasteiger partial charge in [-0.15, -0.1) is 0 Å². The summed E-state index contributed by atoms with van der Waals surface area (Å²) in [5.74, 6) is -1.48. The first-order chi connectivity index (χ1) is 12.1. The Labute approximate surface area is 141 Å². The van der Waals surface area contributed by atoms with E-state index in [1.54, 1.807) is 31.5 Å². The third kappa shape index (κ3) is 2.89. The molecule has 1 amide bonds. The number of nitrogens with zero attached hydrogens (tertiary/aromatic N) is 2. The van der Waals surface area contributed by atoms with Gasteiger partial charge in [0.05, 0.1) is 23.2 Å². The summed E-state index contributed by atoms with van der Waals surface area (Å²) < 4.78 is 22.0. The Kier molecular flexibility index (Phi) is 4.34. The normalized spacial score (nSPS) is 10.6. The highest BCUT2D eigenvalue weighted by atomic mass is 19.1. The number of halogens is 1. The van der Waals surface area contributed by atoms with Gasteiger partial charge in [-0.1, -0.05) is 0 Å². The van der Waals surface area contributed by atoms with Gasteiger partial charge in [0.1, 0.15) is 11.4 Å². The number of aromatic nitrogens is 2. The van der Waals surface area contributed by atoms with Gasteiger partial charge in [0.25, 0.3) is 0 Å². The van der Waals surface area contributed by atoms with E-state index >= 15 is 0 Å². The van der Waals surface area contributed by atoms with Crippen LogP contribution in [0.15, 0.2) is 47.7 Å². The van der Waals surface area contributed by atoms with Crippen LogP contribution in [0.25, 0.3) is 16.6 Å². The fraction of sp³-hybridized carbons (Fsp3) is 0.118. The molecule has 0 atom stereocenters. The fourth-order valence-electron chi connectivity index (χ4n) is 2.55. The summed E-state index contributed by atoms with van der Waals surface area (Å²) in [5.41, 5.74) is 1.84. The molecule has 0 saturated heterocycles. The quantitative estimate of drug-likeness (QED) is 0.566. The van der Waals surface area contributed by atoms with Crippen LogP contribution in [0.2, 0.25) is 0 Å². The second-order valence-corrected chi connectivity index (χ2v) is 5.12. The van der Waals surface area contributed by atoms with Gasteiger partial charge in [-0.3, -0.25) is 19.7 Å². The maximum atomic E-state index is 14.5. The topological polar surface area (TPSA) is 82.3 Å². The van der Waals surface area contributed by atoms with Crippen molar-refractivity contribution in [3.63, 3.8) is 0 Å². The summed E-state index contributed by atoms with van der Waals surface area (Å²) in [5, 5.41) is -0.0479. The van der Waals surface area contributed by atoms with Gasteiger partial charge >= 0.3 is 5.97 Å². The summed E-state index contributed by atoms with van der Waals surface area (Å²) >= 11 is 0. The standard InChI is InChI=1S/C17H14FN3O4/c1-2-25-17(24)12-9-21(19-10-22)14-8-15(20-5-3-4-6-20)13(18)7-11(14)16(12)23/h3-10H,2H2,1H3,(H,19,22). The molecule has 0 radical (unpaired) electrons. The van der Waals surface area contributed by atoms with Crippen LogP contribution >= 0.6 is 0 Å². The zero-order valence-corrected chi connectivity index (χ0v) is 13.2. The van der Waals surface area contributed by atoms with Gasteiger partial charge in [-0.25, -0.2) is 9.18 Å². The molecule has 2 aromatic heterocycles. The second kappa shape index (κ2) is 6.60. The summed E-state index contributed by atoms with van der Waals surface area (Å²) in [7, 11) is 0. The number of amides is 1. The van der Waals surface area contributed by atoms with Crippen LogP contribution in [-0.2, 0) is 9.53 Å². The third-order valence-corrected chi connectivity index (χ3v) is 3.64. The zero-order valence-electron chi connectivity index (χ0n) is 13.2. The molecule has 0 unspecified atom stereocenters. The Morgan fingerprint density at radius 1 is 1.32 bits per heavy atom. The molecule has 2 heterocycles. The van der Waals surface area contributed by atoms with Crippen molar-refractivity contribution in [2.45, 2.75) is 6.92 Å². The van der Waals surface area contributed by atoms with Crippen LogP contribution in [0.3, 0.4) is 0 Å². The van der Waals surface area contributed by atoms with Crippen molar-refractivity contribution < 1.29 is 18.7 Å². The van der Waals surface area contributed by atoms with E-state index in [1.165, 1.54) is 15.3 Å². The van der Waals surface area contributed by atoms with Gasteiger partial charge < -0.3 is 9.30 Å². The highest BCUT2D eigenvalue weighted by Gasteiger charge is 2.19. The van der Waals surface area contributed by atoms with Gasteiger partial charge in [0.2, 0.25) is 11.8 Å². The fourth-order valence-corrected chi connectivity index (χ4v) is 2.55. The number of benzene rings is 1. The summed E-state index contributed by atoms with van der Waals surface area (Å²) in [4.78, 5) is 35.4. The SMILES string of the molecule is CCOC(=O)c1cn(NC=O)c2cc(-n3cccc3)c(F)cc2c1=O. The Hall–Kier alpha value is -3.42. The largest absolute Gasteiger partial charge is 0.462 e. The van der Waals surface area contributed by atoms with E-state index in [4.69, 9.17) is 4.74 Å². The predicted molar refractivity (Wildman–Crippen MR) is 88.9 cm³/mol. The minimum absolute atomic E-state index is 0.0479. The van der Waals surface area contributed by atoms with Crippen LogP contribution < -0.4 is 10.9 Å². The van der Waals surface area contributed by atoms with Crippen LogP contribution in [0.5, 0.6) is 0 Å². The summed E-state index contributed by atoms with van der Waals surface area (Å²) in [6.45, 7) is 1.68. The molecule has 0 fully saturated rings. The van der Waals surface area contributed by atoms with Crippen molar-refractivity contribution in [3.05, 3.63) is 64.5 Å². The van der Waals surface area contributed by atoms with Crippen molar-refractivity contribution >= 4 is 23.3 Å². The third-order valence-electron chi connectivity index (χ3n) is 3.64. The number of nitrogens with one attached hydrogen (secondary N) is 1. The first kappa shape index (κ1) is 16.4. The summed E-state index contributed by atoms with van der Waals surface area (Å²) in [6.07, 6.45) is 4.84. The van der Waals surface area contributed by atoms with Crippen molar-refractivity contribution in [1.29, 1.82) is 0 Å². The molecule has 128 valence electrons. The highest BCUT2D eigenvalue weighted by molar-refractivity contribution is 5.94. The molecule has 0 saturated carbocycles. The molecule has 7 nitrogen and oxygen atoms in total. The molecule has 0 aliphatic heterocycles. The molecule has 0 aliphatic carbocycles. The lowest BCUT2D eigenvalue weighted by atomic mass is 10.1. The molecule has 3 rings (SSSR count). The van der Waals surface area contributed by atoms with Crippen LogP contribution in [0.1, 0.15) is 17.3 Å². The Bertz CT molecular complexity index is 1010. The van der Waals surface area contributed by atoms with E-state index in [1.807, 2.05) is 0 Å². The van der Waals surface area contributed by atoms with Crippen LogP contribution in [0.4, 0.5) is 4.39 Å². The molecule has 0 bridgehead atoms. The molecule has 1 N–H and O–H groups in total. The van der Waals surface area contributed by atoms with Gasteiger partial charge in [0.15, 0.2) is 0 Å². The molecule has 0 spiro atoms. The van der Waals surface area contributed by atoms with E-state index in [2.05, 4.69) is 5.43 Å². The van der Waals surface area contributed by atoms with Gasteiger partial charge in [-0.2, -0.15) is 0 Å². The number of esters is 1. The number of carbonyl (C=O) groups excluding carboxylic acids is 2. The first-order valence-electron chi connectivity index (χ1n) is 7.46. The smallest absolute Gasteiger partial charge is 0.343 e. The molecule has 0 aliphatic rings. The van der Waals surface area contributed by atoms with E-state index in [-0.39, 0.29) is 28.8 Å². The minimum atomic E-state index is -0.842. The average molecular weight is 343 g/mol. The first-order valence-corrected chi connectivity index (χ1v) is 7.46. The number of hydrogen-bond donors (Lipinski definition) is 1. The van der Waals surface area contributed by atoms with E-state index in [0.29, 0.717) is 6.41 Å². The Morgan fingerprint density at radius 3 is 2.68 bits per heavy atom. The number of fused-ring (bicyclic) bond motifs is 1. The van der Waals surface area contributed by atoms with Gasteiger partial charge in [0, 0.05) is 18.6 Å². The zero-order chi connectivity index (χ0) is 18.0. The molecular weight excluding hydrogens is 329 g/mol. The van der Waals surface area contributed by atoms with Crippen molar-refractivity contribution in [1.82, 2.24) is 9.24 Å². The van der Waals surface area contributed by atoms with E-state index in [9.17, 15) is 18.8 Å². The number of carbonyl (C=O) groups is 2. The highest BCUT2D eigenvalue weighted by Crippen LogP contribution is 2.21. The maximum absolute atomic E-state index is 14.5. The predicted octanol–water partition coefficient (Wildman–Crippen LogP) is 1.81. The monoisotopic (exact) mass is 343 g/mol. The number of ether oxygens (including phenoxy) is 1. The van der Waals surface area contributed by atoms with E-state index in [0.717, 1.165) is 12.3 Å². The maximum Gasteiger partial charge on any atom is 0.343 e.